The van der Waals surface area contributed by atoms with Crippen LogP contribution in [0.2, 0.25) is 17.3 Å². The SMILES string of the molecule is [CH3][Ge]([CH3])([CH3])[Br]. The summed E-state index contributed by atoms with van der Waals surface area (Å²) in [6.45, 7) is 0. The second kappa shape index (κ2) is 1.65. The Kier molecular flexibility index (Phi) is 1.99. The molecule has 0 heterocycles. The van der Waals surface area contributed by atoms with Gasteiger partial charge in [0.05, 0.1) is 0 Å². The monoisotopic (exact) mass is 198 g/mol. The second-order valence-corrected chi connectivity index (χ2v) is 23.1. The maximum absolute atomic E-state index is 3.56. The fraction of sp³-hybridized carbons (Fsp3) is 1.00. The van der Waals surface area contributed by atoms with Gasteiger partial charge in [-0.1, -0.05) is 0 Å². The van der Waals surface area contributed by atoms with Crippen LogP contribution in [0.25, 0.3) is 0 Å². The molecule has 0 radical (unpaired) electrons. The van der Waals surface area contributed by atoms with Crippen molar-refractivity contribution in [2.75, 3.05) is 0 Å². The zero-order valence-electron chi connectivity index (χ0n) is 3.88. The Morgan fingerprint density at radius 2 is 1.20 bits per heavy atom. The van der Waals surface area contributed by atoms with Gasteiger partial charge in [-0.25, -0.2) is 0 Å². The first-order valence-electron chi connectivity index (χ1n) is 1.69. The zero-order valence-corrected chi connectivity index (χ0v) is 7.56. The van der Waals surface area contributed by atoms with Crippen LogP contribution < -0.4 is 0 Å². The Hall–Kier alpha value is 1.02. The average Bonchev–Trinajstić information content (AvgIpc) is 0.722. The molecule has 0 aromatic carbocycles. The van der Waals surface area contributed by atoms with Crippen LogP contribution in [0.1, 0.15) is 0 Å². The van der Waals surface area contributed by atoms with Crippen LogP contribution in [0.5, 0.6) is 0 Å². The van der Waals surface area contributed by atoms with Gasteiger partial charge in [0.15, 0.2) is 0 Å². The molecule has 0 nitrogen and oxygen atoms in total. The molecule has 0 fully saturated rings. The maximum atomic E-state index is 3.56. The van der Waals surface area contributed by atoms with Crippen molar-refractivity contribution in [1.82, 2.24) is 0 Å². The Balaban J connectivity index is 3.02. The van der Waals surface area contributed by atoms with Gasteiger partial charge in [0.2, 0.25) is 0 Å². The van der Waals surface area contributed by atoms with Crippen molar-refractivity contribution in [3.05, 3.63) is 0 Å². The molecule has 0 saturated heterocycles. The molecule has 0 spiro atoms. The molecule has 0 amide bonds. The summed E-state index contributed by atoms with van der Waals surface area (Å²) in [5.41, 5.74) is 0. The predicted octanol–water partition coefficient (Wildman–Crippen LogP) is 2.22. The summed E-state index contributed by atoms with van der Waals surface area (Å²) in [5.74, 6) is 6.88. The number of halogens is 1. The molecule has 5 heavy (non-hydrogen) atoms. The van der Waals surface area contributed by atoms with Crippen LogP contribution in [0.15, 0.2) is 0 Å². The van der Waals surface area contributed by atoms with Crippen molar-refractivity contribution in [3.63, 3.8) is 0 Å². The topological polar surface area (TPSA) is 0 Å². The van der Waals surface area contributed by atoms with Crippen molar-refractivity contribution in [2.45, 2.75) is 17.3 Å². The Labute approximate surface area is 42.9 Å². The van der Waals surface area contributed by atoms with Crippen LogP contribution in [-0.2, 0) is 0 Å². The van der Waals surface area contributed by atoms with E-state index in [1.807, 2.05) is 0 Å². The predicted molar refractivity (Wildman–Crippen MR) is 32.3 cm³/mol. The van der Waals surface area contributed by atoms with Gasteiger partial charge in [-0.15, -0.1) is 0 Å². The van der Waals surface area contributed by atoms with Crippen molar-refractivity contribution < 1.29 is 0 Å². The molecule has 2 heteroatoms. The first kappa shape index (κ1) is 6.02. The minimum absolute atomic E-state index is 1.19. The summed E-state index contributed by atoms with van der Waals surface area (Å²) in [7, 11) is 0. The van der Waals surface area contributed by atoms with Crippen molar-refractivity contribution >= 4 is 25.4 Å². The summed E-state index contributed by atoms with van der Waals surface area (Å²) in [4.78, 5) is 0. The van der Waals surface area contributed by atoms with Gasteiger partial charge >= 0.3 is 42.7 Å². The van der Waals surface area contributed by atoms with E-state index in [0.717, 1.165) is 0 Å². The van der Waals surface area contributed by atoms with Crippen molar-refractivity contribution in [2.24, 2.45) is 0 Å². The fourth-order valence-corrected chi connectivity index (χ4v) is 0. The zero-order chi connectivity index (χ0) is 4.50. The first-order chi connectivity index (χ1) is 2.00. The van der Waals surface area contributed by atoms with Crippen LogP contribution in [0, 0.1) is 0 Å². The third-order valence-electron chi connectivity index (χ3n) is 0. The summed E-state index contributed by atoms with van der Waals surface area (Å²) in [6, 6.07) is 0. The molecule has 0 N–H and O–H groups in total. The van der Waals surface area contributed by atoms with E-state index >= 15 is 0 Å². The average molecular weight is 198 g/mol. The quantitative estimate of drug-likeness (QED) is 0.523. The number of hydrogen-bond acceptors (Lipinski definition) is 0. The summed E-state index contributed by atoms with van der Waals surface area (Å²) in [6.07, 6.45) is 0. The molecule has 0 unspecified atom stereocenters. The van der Waals surface area contributed by atoms with Gasteiger partial charge in [0.25, 0.3) is 0 Å². The number of rotatable bonds is 0. The fourth-order valence-electron chi connectivity index (χ4n) is 0. The van der Waals surface area contributed by atoms with Gasteiger partial charge in [-0.2, -0.15) is 0 Å². The molecule has 0 aromatic heterocycles. The first-order valence-corrected chi connectivity index (χ1v) is 12.9. The van der Waals surface area contributed by atoms with Gasteiger partial charge in [0, 0.05) is 0 Å². The van der Waals surface area contributed by atoms with Crippen molar-refractivity contribution in [3.8, 4) is 0 Å². The van der Waals surface area contributed by atoms with Crippen LogP contribution in [0.4, 0.5) is 0 Å². The van der Waals surface area contributed by atoms with Crippen LogP contribution >= 0.6 is 14.0 Å². The Morgan fingerprint density at radius 3 is 1.20 bits per heavy atom. The number of hydrogen-bond donors (Lipinski definition) is 0. The normalized spacial score (nSPS) is 12.0. The van der Waals surface area contributed by atoms with Gasteiger partial charge in [-0.05, 0) is 0 Å². The second-order valence-electron chi connectivity index (χ2n) is 2.07. The molecule has 0 aliphatic heterocycles. The van der Waals surface area contributed by atoms with Gasteiger partial charge in [-0.3, -0.25) is 0 Å². The molecular weight excluding hydrogens is 189 g/mol. The molecule has 0 bridgehead atoms. The van der Waals surface area contributed by atoms with Gasteiger partial charge < -0.3 is 0 Å². The molecule has 0 aliphatic carbocycles. The van der Waals surface area contributed by atoms with Crippen molar-refractivity contribution in [1.29, 1.82) is 0 Å². The molecule has 32 valence electrons. The van der Waals surface area contributed by atoms with E-state index in [4.69, 9.17) is 0 Å². The molecule has 0 aliphatic rings. The minimum atomic E-state index is -1.19. The van der Waals surface area contributed by atoms with E-state index < -0.39 is 11.4 Å². The van der Waals surface area contributed by atoms with Crippen LogP contribution in [0.3, 0.4) is 0 Å². The summed E-state index contributed by atoms with van der Waals surface area (Å²) >= 11 is 2.38. The van der Waals surface area contributed by atoms with E-state index in [0.29, 0.717) is 0 Å². The molecule has 0 aromatic rings. The molecule has 0 rings (SSSR count). The Morgan fingerprint density at radius 1 is 1.20 bits per heavy atom. The standard InChI is InChI=1S/C3H9BrGe/c1-5(2,3)4/h1-3H3. The van der Waals surface area contributed by atoms with E-state index in [1.165, 1.54) is 0 Å². The van der Waals surface area contributed by atoms with Gasteiger partial charge in [0.1, 0.15) is 0 Å². The van der Waals surface area contributed by atoms with E-state index in [1.54, 1.807) is 0 Å². The molecule has 0 atom stereocenters. The third kappa shape index (κ3) is 43.9. The van der Waals surface area contributed by atoms with E-state index in [9.17, 15) is 0 Å². The summed E-state index contributed by atoms with van der Waals surface area (Å²) in [5, 5.41) is 0. The molecular formula is C3H9BrGe. The summed E-state index contributed by atoms with van der Waals surface area (Å²) < 4.78 is 0. The molecule has 0 saturated carbocycles. The van der Waals surface area contributed by atoms with Crippen LogP contribution in [-0.4, -0.2) is 11.4 Å². The van der Waals surface area contributed by atoms with E-state index in [2.05, 4.69) is 31.3 Å². The van der Waals surface area contributed by atoms with E-state index in [-0.39, 0.29) is 0 Å². The third-order valence-corrected chi connectivity index (χ3v) is 0. The Bertz CT molecular complexity index is 22.4.